The number of ether oxygens (including phenoxy) is 2. The van der Waals surface area contributed by atoms with Gasteiger partial charge in [-0.25, -0.2) is 0 Å². The minimum absolute atomic E-state index is 0.0197. The van der Waals surface area contributed by atoms with Crippen LogP contribution >= 0.6 is 11.6 Å². The summed E-state index contributed by atoms with van der Waals surface area (Å²) in [6, 6.07) is 19.8. The predicted molar refractivity (Wildman–Crippen MR) is 134 cm³/mol. The number of carbonyl (C=O) groups is 3. The van der Waals surface area contributed by atoms with Crippen LogP contribution in [0.4, 0.5) is 11.4 Å². The molecule has 4 rings (SSSR count). The van der Waals surface area contributed by atoms with Crippen molar-refractivity contribution in [1.29, 1.82) is 0 Å². The zero-order valence-electron chi connectivity index (χ0n) is 19.4. The number of amides is 2. The zero-order chi connectivity index (χ0) is 24.9. The minimum atomic E-state index is -0.651. The second-order valence-electron chi connectivity index (χ2n) is 8.38. The van der Waals surface area contributed by atoms with Crippen molar-refractivity contribution >= 4 is 40.8 Å². The molecule has 0 aliphatic carbocycles. The lowest BCUT2D eigenvalue weighted by Gasteiger charge is -2.17. The molecule has 1 aliphatic heterocycles. The number of hydrogen-bond acceptors (Lipinski definition) is 5. The first-order chi connectivity index (χ1) is 16.8. The summed E-state index contributed by atoms with van der Waals surface area (Å²) in [6.07, 6.45) is 0.0197. The molecule has 2 amide bonds. The maximum Gasteiger partial charge on any atom is 0.311 e. The monoisotopic (exact) mass is 492 g/mol. The van der Waals surface area contributed by atoms with Crippen LogP contribution in [0.15, 0.2) is 66.7 Å². The van der Waals surface area contributed by atoms with E-state index >= 15 is 0 Å². The molecule has 0 aromatic heterocycles. The largest absolute Gasteiger partial charge is 0.457 e. The molecule has 1 N–H and O–H groups in total. The fourth-order valence-electron chi connectivity index (χ4n) is 3.73. The average molecular weight is 493 g/mol. The van der Waals surface area contributed by atoms with E-state index in [4.69, 9.17) is 21.1 Å². The third kappa shape index (κ3) is 6.00. The molecule has 180 valence electrons. The molecule has 35 heavy (non-hydrogen) atoms. The fraction of sp³-hybridized carbons (Fsp3) is 0.222. The molecule has 3 aromatic carbocycles. The molecule has 3 aromatic rings. The van der Waals surface area contributed by atoms with E-state index in [9.17, 15) is 14.4 Å². The highest BCUT2D eigenvalue weighted by Gasteiger charge is 2.36. The van der Waals surface area contributed by atoms with Crippen LogP contribution in [0.25, 0.3) is 0 Å². The molecule has 0 unspecified atom stereocenters. The van der Waals surface area contributed by atoms with Crippen molar-refractivity contribution in [2.75, 3.05) is 23.4 Å². The van der Waals surface area contributed by atoms with Crippen LogP contribution in [0.3, 0.4) is 0 Å². The van der Waals surface area contributed by atoms with Crippen molar-refractivity contribution in [1.82, 2.24) is 0 Å². The Bertz CT molecular complexity index is 1260. The summed E-state index contributed by atoms with van der Waals surface area (Å²) in [5, 5.41) is 2.97. The Hall–Kier alpha value is -3.84. The van der Waals surface area contributed by atoms with Crippen LogP contribution in [0.5, 0.6) is 11.5 Å². The van der Waals surface area contributed by atoms with Crippen molar-refractivity contribution in [3.63, 3.8) is 0 Å². The quantitative estimate of drug-likeness (QED) is 0.453. The Morgan fingerprint density at radius 3 is 2.43 bits per heavy atom. The Morgan fingerprint density at radius 2 is 1.71 bits per heavy atom. The smallest absolute Gasteiger partial charge is 0.311 e. The van der Waals surface area contributed by atoms with Crippen molar-refractivity contribution in [3.8, 4) is 11.5 Å². The molecule has 0 spiro atoms. The molecular weight excluding hydrogens is 468 g/mol. The number of nitrogens with zero attached hydrogens (tertiary/aromatic N) is 1. The summed E-state index contributed by atoms with van der Waals surface area (Å²) in [5.74, 6) is -0.558. The first-order valence-electron chi connectivity index (χ1n) is 11.2. The highest BCUT2D eigenvalue weighted by Crippen LogP contribution is 2.30. The molecule has 0 bridgehead atoms. The van der Waals surface area contributed by atoms with E-state index < -0.39 is 24.4 Å². The molecule has 0 radical (unpaired) electrons. The van der Waals surface area contributed by atoms with E-state index in [2.05, 4.69) is 5.32 Å². The Kier molecular flexibility index (Phi) is 7.36. The lowest BCUT2D eigenvalue weighted by molar-refractivity contribution is -0.151. The SMILES string of the molecule is Cc1ccc(Oc2ccc(N3C[C@@H](C(=O)OCC(=O)Nc4ccccc4Cl)CC3=O)cc2)cc1C. The van der Waals surface area contributed by atoms with Gasteiger partial charge >= 0.3 is 5.97 Å². The summed E-state index contributed by atoms with van der Waals surface area (Å²) in [7, 11) is 0. The van der Waals surface area contributed by atoms with Crippen LogP contribution in [0, 0.1) is 19.8 Å². The number of nitrogens with one attached hydrogen (secondary N) is 1. The lowest BCUT2D eigenvalue weighted by Crippen LogP contribution is -2.28. The molecule has 1 atom stereocenters. The zero-order valence-corrected chi connectivity index (χ0v) is 20.2. The van der Waals surface area contributed by atoms with Crippen molar-refractivity contribution in [2.24, 2.45) is 5.92 Å². The van der Waals surface area contributed by atoms with Gasteiger partial charge in [-0.15, -0.1) is 0 Å². The number of halogens is 1. The highest BCUT2D eigenvalue weighted by molar-refractivity contribution is 6.33. The minimum Gasteiger partial charge on any atom is -0.457 e. The maximum atomic E-state index is 12.5. The molecule has 8 heteroatoms. The first-order valence-corrected chi connectivity index (χ1v) is 11.5. The number of aryl methyl sites for hydroxylation is 2. The van der Waals surface area contributed by atoms with Crippen LogP contribution in [0.1, 0.15) is 17.5 Å². The number of carbonyl (C=O) groups excluding carboxylic acids is 3. The van der Waals surface area contributed by atoms with E-state index in [1.165, 1.54) is 10.5 Å². The summed E-state index contributed by atoms with van der Waals surface area (Å²) in [4.78, 5) is 38.7. The van der Waals surface area contributed by atoms with Gasteiger partial charge in [0.2, 0.25) is 5.91 Å². The number of anilines is 2. The van der Waals surface area contributed by atoms with E-state index in [1.807, 2.05) is 32.0 Å². The van der Waals surface area contributed by atoms with E-state index in [0.717, 1.165) is 11.3 Å². The van der Waals surface area contributed by atoms with Crippen LogP contribution in [0.2, 0.25) is 5.02 Å². The second kappa shape index (κ2) is 10.6. The van der Waals surface area contributed by atoms with Crippen molar-refractivity contribution in [3.05, 3.63) is 82.9 Å². The first kappa shape index (κ1) is 24.3. The van der Waals surface area contributed by atoms with Crippen LogP contribution in [-0.2, 0) is 19.1 Å². The summed E-state index contributed by atoms with van der Waals surface area (Å²) in [6.45, 7) is 3.79. The van der Waals surface area contributed by atoms with Crippen LogP contribution in [-0.4, -0.2) is 30.9 Å². The van der Waals surface area contributed by atoms with E-state index in [0.29, 0.717) is 22.1 Å². The van der Waals surface area contributed by atoms with Gasteiger partial charge in [0.1, 0.15) is 11.5 Å². The van der Waals surface area contributed by atoms with Gasteiger partial charge < -0.3 is 19.7 Å². The van der Waals surface area contributed by atoms with Gasteiger partial charge in [-0.05, 0) is 73.5 Å². The maximum absolute atomic E-state index is 12.5. The second-order valence-corrected chi connectivity index (χ2v) is 8.79. The van der Waals surface area contributed by atoms with Crippen molar-refractivity contribution < 1.29 is 23.9 Å². The van der Waals surface area contributed by atoms with Gasteiger partial charge in [0, 0.05) is 18.7 Å². The number of benzene rings is 3. The van der Waals surface area contributed by atoms with Crippen LogP contribution < -0.4 is 15.0 Å². The van der Waals surface area contributed by atoms with Gasteiger partial charge in [-0.3, -0.25) is 14.4 Å². The lowest BCUT2D eigenvalue weighted by atomic mass is 10.1. The Labute approximate surface area is 208 Å². The van der Waals surface area contributed by atoms with Crippen molar-refractivity contribution in [2.45, 2.75) is 20.3 Å². The van der Waals surface area contributed by atoms with Gasteiger partial charge in [-0.2, -0.15) is 0 Å². The summed E-state index contributed by atoms with van der Waals surface area (Å²) in [5.41, 5.74) is 3.42. The molecule has 1 heterocycles. The van der Waals surface area contributed by atoms with Gasteiger partial charge in [0.25, 0.3) is 5.91 Å². The topological polar surface area (TPSA) is 84.9 Å². The third-order valence-electron chi connectivity index (χ3n) is 5.81. The fourth-order valence-corrected chi connectivity index (χ4v) is 3.91. The Balaban J connectivity index is 1.30. The summed E-state index contributed by atoms with van der Waals surface area (Å²) < 4.78 is 11.0. The standard InChI is InChI=1S/C27H25ClN2O5/c1-17-7-10-22(13-18(17)2)35-21-11-8-20(9-12-21)30-15-19(14-26(30)32)27(33)34-16-25(31)29-24-6-4-3-5-23(24)28/h3-13,19H,14-16H2,1-2H3,(H,29,31)/t19-/m0/s1. The van der Waals surface area contributed by atoms with E-state index in [-0.39, 0.29) is 18.9 Å². The number of rotatable bonds is 7. The number of hydrogen-bond donors (Lipinski definition) is 1. The van der Waals surface area contributed by atoms with E-state index in [1.54, 1.807) is 48.5 Å². The molecule has 1 aliphatic rings. The third-order valence-corrected chi connectivity index (χ3v) is 6.14. The van der Waals surface area contributed by atoms with Gasteiger partial charge in [0.05, 0.1) is 16.6 Å². The number of esters is 1. The molecular formula is C27H25ClN2O5. The molecule has 7 nitrogen and oxygen atoms in total. The predicted octanol–water partition coefficient (Wildman–Crippen LogP) is 5.28. The molecule has 1 saturated heterocycles. The van der Waals surface area contributed by atoms with Gasteiger partial charge in [0.15, 0.2) is 6.61 Å². The highest BCUT2D eigenvalue weighted by atomic mass is 35.5. The normalized spacial score (nSPS) is 15.1. The summed E-state index contributed by atoms with van der Waals surface area (Å²) >= 11 is 6.01. The van der Waals surface area contributed by atoms with Gasteiger partial charge in [-0.1, -0.05) is 29.8 Å². The number of para-hydroxylation sites is 1. The molecule has 1 fully saturated rings. The average Bonchev–Trinajstić information content (AvgIpc) is 3.23. The molecule has 0 saturated carbocycles. The Morgan fingerprint density at radius 1 is 1.00 bits per heavy atom.